The van der Waals surface area contributed by atoms with E-state index in [4.69, 9.17) is 0 Å². The quantitative estimate of drug-likeness (QED) is 0.138. The number of carbonyl (C=O) groups is 5. The SMILES string of the molecule is C=CCNC(=O)C(=O)C(CC1CCC1)NC(=O)[C@@H]1[C@@H]2[C@H](CN1C(=O)[C@@H](NC(=O)N[C@H](CN(C(C)C)S(=O)(=O)c1cccs1)C(=C)C)C(C)(C)C)C2(C)C. The van der Waals surface area contributed by atoms with Gasteiger partial charge >= 0.3 is 6.03 Å². The van der Waals surface area contributed by atoms with E-state index in [1.807, 2.05) is 34.6 Å². The fourth-order valence-electron chi connectivity index (χ4n) is 7.54. The summed E-state index contributed by atoms with van der Waals surface area (Å²) >= 11 is 1.11. The Balaban J connectivity index is 1.54. The van der Waals surface area contributed by atoms with Gasteiger partial charge in [0.15, 0.2) is 0 Å². The predicted molar refractivity (Wildman–Crippen MR) is 205 cm³/mol. The summed E-state index contributed by atoms with van der Waals surface area (Å²) in [6.45, 7) is 22.7. The number of fused-ring (bicyclic) bond motifs is 1. The maximum absolute atomic E-state index is 14.5. The van der Waals surface area contributed by atoms with Gasteiger partial charge in [-0.25, -0.2) is 13.2 Å². The third-order valence-electron chi connectivity index (χ3n) is 11.1. The topological polar surface area (TPSA) is 174 Å². The highest BCUT2D eigenvalue weighted by atomic mass is 32.2. The number of thiophene rings is 1. The third-order valence-corrected chi connectivity index (χ3v) is 14.5. The van der Waals surface area contributed by atoms with Gasteiger partial charge in [-0.05, 0) is 67.2 Å². The standard InChI is InChI=1S/C38H58N6O7S2/c1-11-17-39-34(47)31(45)26(19-24-14-12-15-24)40-33(46)30-29-25(38(29,9)10)20-43(30)35(48)32(37(6,7)8)42-36(49)41-27(22(2)3)21-44(23(4)5)53(50,51)28-16-13-18-52-28/h11,13,16,18,23-27,29-30,32H,1-2,12,14-15,17,19-21H2,3-10H3,(H,39,47)(H,40,46)(H2,41,42,49)/t25-,26?,27+,29-,30-,32+/m0/s1. The monoisotopic (exact) mass is 774 g/mol. The molecule has 0 spiro atoms. The van der Waals surface area contributed by atoms with E-state index in [1.54, 1.807) is 32.2 Å². The Bertz CT molecular complexity index is 1680. The second-order valence-corrected chi connectivity index (χ2v) is 19.8. The minimum absolute atomic E-state index is 0.0356. The van der Waals surface area contributed by atoms with Gasteiger partial charge in [0.1, 0.15) is 16.3 Å². The largest absolute Gasteiger partial charge is 0.346 e. The van der Waals surface area contributed by atoms with E-state index in [0.29, 0.717) is 18.5 Å². The normalized spacial score (nSPS) is 22.5. The van der Waals surface area contributed by atoms with Crippen molar-refractivity contribution in [2.75, 3.05) is 19.6 Å². The molecule has 13 nitrogen and oxygen atoms in total. The van der Waals surface area contributed by atoms with Crippen molar-refractivity contribution in [2.24, 2.45) is 28.6 Å². The Hall–Kier alpha value is -3.56. The van der Waals surface area contributed by atoms with E-state index in [9.17, 15) is 32.4 Å². The number of hydrogen-bond donors (Lipinski definition) is 4. The van der Waals surface area contributed by atoms with Gasteiger partial charge in [-0.15, -0.1) is 17.9 Å². The van der Waals surface area contributed by atoms with Gasteiger partial charge in [0, 0.05) is 25.7 Å². The highest BCUT2D eigenvalue weighted by Crippen LogP contribution is 2.65. The maximum Gasteiger partial charge on any atom is 0.315 e. The number of ketones is 1. The van der Waals surface area contributed by atoms with Crippen LogP contribution in [0.15, 0.2) is 46.5 Å². The number of rotatable bonds is 17. The van der Waals surface area contributed by atoms with Gasteiger partial charge in [0.25, 0.3) is 15.9 Å². The fraction of sp³-hybridized carbons (Fsp3) is 0.658. The number of urea groups is 1. The highest BCUT2D eigenvalue weighted by molar-refractivity contribution is 7.91. The molecule has 15 heteroatoms. The van der Waals surface area contributed by atoms with Crippen LogP contribution in [0, 0.1) is 28.6 Å². The second-order valence-electron chi connectivity index (χ2n) is 16.8. The molecule has 2 aliphatic carbocycles. The van der Waals surface area contributed by atoms with Crippen LogP contribution in [0.1, 0.15) is 81.1 Å². The van der Waals surface area contributed by atoms with Gasteiger partial charge in [-0.3, -0.25) is 19.2 Å². The van der Waals surface area contributed by atoms with Crippen LogP contribution in [0.25, 0.3) is 0 Å². The predicted octanol–water partition coefficient (Wildman–Crippen LogP) is 3.84. The van der Waals surface area contributed by atoms with Crippen molar-refractivity contribution in [3.05, 3.63) is 42.3 Å². The van der Waals surface area contributed by atoms with Crippen molar-refractivity contribution < 1.29 is 32.4 Å². The van der Waals surface area contributed by atoms with Crippen LogP contribution < -0.4 is 21.3 Å². The number of carbonyl (C=O) groups excluding carboxylic acids is 5. The van der Waals surface area contributed by atoms with E-state index in [1.165, 1.54) is 21.3 Å². The molecule has 4 N–H and O–H groups in total. The molecule has 4 rings (SSSR count). The number of nitrogens with one attached hydrogen (secondary N) is 4. The highest BCUT2D eigenvalue weighted by Gasteiger charge is 2.70. The van der Waals surface area contributed by atoms with Crippen molar-refractivity contribution in [2.45, 2.75) is 115 Å². The summed E-state index contributed by atoms with van der Waals surface area (Å²) in [5.74, 6) is -2.39. The lowest BCUT2D eigenvalue weighted by Gasteiger charge is -2.38. The van der Waals surface area contributed by atoms with Crippen molar-refractivity contribution in [3.8, 4) is 0 Å². The molecule has 1 unspecified atom stereocenters. The zero-order valence-electron chi connectivity index (χ0n) is 32.4. The maximum atomic E-state index is 14.5. The number of amides is 5. The van der Waals surface area contributed by atoms with Gasteiger partial charge in [-0.2, -0.15) is 4.31 Å². The Morgan fingerprint density at radius 2 is 1.75 bits per heavy atom. The zero-order chi connectivity index (χ0) is 39.6. The second kappa shape index (κ2) is 16.4. The molecule has 3 fully saturated rings. The molecule has 294 valence electrons. The molecule has 1 saturated heterocycles. The molecule has 1 aromatic heterocycles. The number of likely N-dealkylation sites (tertiary alicyclic amines) is 1. The molecule has 1 aromatic rings. The number of piperidine rings is 1. The molecule has 0 radical (unpaired) electrons. The first-order valence-electron chi connectivity index (χ1n) is 18.4. The zero-order valence-corrected chi connectivity index (χ0v) is 34.0. The average molecular weight is 775 g/mol. The van der Waals surface area contributed by atoms with Crippen LogP contribution >= 0.6 is 11.3 Å². The van der Waals surface area contributed by atoms with Crippen molar-refractivity contribution in [1.29, 1.82) is 0 Å². The molecule has 5 amide bonds. The minimum atomic E-state index is -3.85. The lowest BCUT2D eigenvalue weighted by atomic mass is 9.80. The minimum Gasteiger partial charge on any atom is -0.346 e. The summed E-state index contributed by atoms with van der Waals surface area (Å²) in [5.41, 5.74) is -0.501. The number of nitrogens with zero attached hydrogens (tertiary/aromatic N) is 2. The van der Waals surface area contributed by atoms with E-state index in [-0.39, 0.29) is 40.5 Å². The first-order chi connectivity index (χ1) is 24.6. The smallest absolute Gasteiger partial charge is 0.315 e. The van der Waals surface area contributed by atoms with Gasteiger partial charge in [0.05, 0.1) is 12.1 Å². The van der Waals surface area contributed by atoms with Crippen LogP contribution in [0.2, 0.25) is 0 Å². The molecule has 6 atom stereocenters. The number of Topliss-reactive ketones (excluding diaryl/α,β-unsaturated/α-hetero) is 1. The van der Waals surface area contributed by atoms with Crippen LogP contribution in [0.3, 0.4) is 0 Å². The first-order valence-corrected chi connectivity index (χ1v) is 20.8. The van der Waals surface area contributed by atoms with Crippen LogP contribution in [0.4, 0.5) is 4.79 Å². The molecule has 0 aromatic carbocycles. The van der Waals surface area contributed by atoms with Crippen molar-refractivity contribution in [3.63, 3.8) is 0 Å². The molecular formula is C38H58N6O7S2. The van der Waals surface area contributed by atoms with Crippen LogP contribution in [0.5, 0.6) is 0 Å². The summed E-state index contributed by atoms with van der Waals surface area (Å²) in [6, 6.07) is -1.70. The van der Waals surface area contributed by atoms with Gasteiger partial charge in [0.2, 0.25) is 17.6 Å². The Labute approximate surface area is 318 Å². The summed E-state index contributed by atoms with van der Waals surface area (Å²) in [5, 5.41) is 12.8. The molecule has 2 heterocycles. The Morgan fingerprint density at radius 3 is 2.26 bits per heavy atom. The lowest BCUT2D eigenvalue weighted by molar-refractivity contribution is -0.145. The molecular weight excluding hydrogens is 717 g/mol. The van der Waals surface area contributed by atoms with E-state index in [0.717, 1.165) is 30.6 Å². The molecule has 53 heavy (non-hydrogen) atoms. The number of hydrogen-bond acceptors (Lipinski definition) is 8. The average Bonchev–Trinajstić information content (AvgIpc) is 3.50. The van der Waals surface area contributed by atoms with E-state index < -0.39 is 75.2 Å². The first kappa shape index (κ1) is 42.2. The summed E-state index contributed by atoms with van der Waals surface area (Å²) < 4.78 is 28.5. The summed E-state index contributed by atoms with van der Waals surface area (Å²) in [4.78, 5) is 69.9. The van der Waals surface area contributed by atoms with E-state index >= 15 is 0 Å². The Morgan fingerprint density at radius 1 is 1.09 bits per heavy atom. The van der Waals surface area contributed by atoms with Gasteiger partial charge < -0.3 is 26.2 Å². The molecule has 3 aliphatic rings. The van der Waals surface area contributed by atoms with Gasteiger partial charge in [-0.1, -0.05) is 78.2 Å². The number of sulfonamides is 1. The Kier molecular flexibility index (Phi) is 13.1. The third kappa shape index (κ3) is 9.40. The molecule has 2 saturated carbocycles. The van der Waals surface area contributed by atoms with Crippen LogP contribution in [-0.4, -0.2) is 97.0 Å². The van der Waals surface area contributed by atoms with Crippen LogP contribution in [-0.2, 0) is 29.2 Å². The summed E-state index contributed by atoms with van der Waals surface area (Å²) in [7, 11) is -3.85. The van der Waals surface area contributed by atoms with Crippen molar-refractivity contribution in [1.82, 2.24) is 30.5 Å². The molecule has 1 aliphatic heterocycles. The van der Waals surface area contributed by atoms with Crippen molar-refractivity contribution >= 4 is 50.9 Å². The fourth-order valence-corrected chi connectivity index (χ4v) is 10.3. The van der Waals surface area contributed by atoms with E-state index in [2.05, 4.69) is 34.4 Å². The summed E-state index contributed by atoms with van der Waals surface area (Å²) in [6.07, 6.45) is 4.65. The lowest BCUT2D eigenvalue weighted by Crippen LogP contribution is -2.62. The molecule has 0 bridgehead atoms.